The Morgan fingerprint density at radius 3 is 2.92 bits per heavy atom. The van der Waals surface area contributed by atoms with Gasteiger partial charge < -0.3 is 10.2 Å². The molecule has 3 rings (SSSR count). The smallest absolute Gasteiger partial charge is 0.255 e. The molecule has 1 aliphatic rings. The van der Waals surface area contributed by atoms with Gasteiger partial charge in [0, 0.05) is 43.5 Å². The van der Waals surface area contributed by atoms with Crippen LogP contribution in [0.3, 0.4) is 0 Å². The second kappa shape index (κ2) is 8.20. The van der Waals surface area contributed by atoms with Crippen LogP contribution in [0.25, 0.3) is 0 Å². The van der Waals surface area contributed by atoms with Gasteiger partial charge in [-0.3, -0.25) is 14.6 Å². The lowest BCUT2D eigenvalue weighted by Crippen LogP contribution is -2.44. The van der Waals surface area contributed by atoms with E-state index in [0.29, 0.717) is 42.0 Å². The van der Waals surface area contributed by atoms with E-state index in [4.69, 9.17) is 0 Å². The molecule has 6 nitrogen and oxygen atoms in total. The molecule has 2 aromatic heterocycles. The molecule has 1 N–H and O–H groups in total. The molecule has 2 amide bonds. The first kappa shape index (κ1) is 17.5. The minimum absolute atomic E-state index is 0.00503. The first-order chi connectivity index (χ1) is 12.2. The first-order valence-corrected chi connectivity index (χ1v) is 9.44. The Labute approximate surface area is 151 Å². The van der Waals surface area contributed by atoms with Crippen LogP contribution in [0.15, 0.2) is 36.1 Å². The second-order valence-corrected chi connectivity index (χ2v) is 7.19. The molecule has 0 unspecified atom stereocenters. The number of hydrogen-bond donors (Lipinski definition) is 1. The number of nitrogens with one attached hydrogen (secondary N) is 1. The normalized spacial score (nSPS) is 20.3. The quantitative estimate of drug-likeness (QED) is 0.891. The standard InChI is InChI=1S/C18H22N4O2S/c1-2-13-12-22(17(24)15-4-3-6-19-11-15)8-5-14(13)10-16(23)21-18-20-7-9-25-18/h3-4,6-7,9,11,13-14H,2,5,8,10,12H2,1H3,(H,20,21,23)/t13-,14+/m1/s1. The van der Waals surface area contributed by atoms with Crippen molar-refractivity contribution < 1.29 is 9.59 Å². The molecule has 2 aromatic rings. The number of carbonyl (C=O) groups is 2. The van der Waals surface area contributed by atoms with Crippen molar-refractivity contribution in [3.05, 3.63) is 41.7 Å². The van der Waals surface area contributed by atoms with Crippen molar-refractivity contribution in [1.82, 2.24) is 14.9 Å². The summed E-state index contributed by atoms with van der Waals surface area (Å²) in [7, 11) is 0. The van der Waals surface area contributed by atoms with Gasteiger partial charge in [0.25, 0.3) is 5.91 Å². The molecule has 3 heterocycles. The number of carbonyl (C=O) groups excluding carboxylic acids is 2. The average molecular weight is 358 g/mol. The van der Waals surface area contributed by atoms with Crippen molar-refractivity contribution in [3.63, 3.8) is 0 Å². The predicted molar refractivity (Wildman–Crippen MR) is 97.4 cm³/mol. The Kier molecular flexibility index (Phi) is 5.75. The van der Waals surface area contributed by atoms with Crippen LogP contribution in [0.5, 0.6) is 0 Å². The van der Waals surface area contributed by atoms with Crippen LogP contribution in [0.1, 0.15) is 36.5 Å². The third kappa shape index (κ3) is 4.42. The number of likely N-dealkylation sites (tertiary alicyclic amines) is 1. The minimum atomic E-state index is 0.00503. The number of nitrogens with zero attached hydrogens (tertiary/aromatic N) is 3. The fraction of sp³-hybridized carbons (Fsp3) is 0.444. The van der Waals surface area contributed by atoms with Gasteiger partial charge in [0.2, 0.25) is 5.91 Å². The van der Waals surface area contributed by atoms with Crippen molar-refractivity contribution in [2.75, 3.05) is 18.4 Å². The van der Waals surface area contributed by atoms with Gasteiger partial charge in [-0.2, -0.15) is 0 Å². The Bertz CT molecular complexity index is 705. The van der Waals surface area contributed by atoms with Gasteiger partial charge in [-0.25, -0.2) is 4.98 Å². The summed E-state index contributed by atoms with van der Waals surface area (Å²) in [5.74, 6) is 0.655. The molecular formula is C18H22N4O2S. The van der Waals surface area contributed by atoms with E-state index < -0.39 is 0 Å². The number of aromatic nitrogens is 2. The van der Waals surface area contributed by atoms with Crippen molar-refractivity contribution in [2.45, 2.75) is 26.2 Å². The summed E-state index contributed by atoms with van der Waals surface area (Å²) in [6.07, 6.45) is 7.22. The van der Waals surface area contributed by atoms with Crippen molar-refractivity contribution in [2.24, 2.45) is 11.8 Å². The van der Waals surface area contributed by atoms with E-state index in [1.807, 2.05) is 10.3 Å². The zero-order valence-corrected chi connectivity index (χ0v) is 15.0. The molecule has 1 saturated heterocycles. The fourth-order valence-electron chi connectivity index (χ4n) is 3.36. The average Bonchev–Trinajstić information content (AvgIpc) is 3.15. The van der Waals surface area contributed by atoms with Crippen molar-refractivity contribution in [1.29, 1.82) is 0 Å². The van der Waals surface area contributed by atoms with E-state index in [0.717, 1.165) is 12.8 Å². The highest BCUT2D eigenvalue weighted by Crippen LogP contribution is 2.30. The van der Waals surface area contributed by atoms with Gasteiger partial charge in [0.1, 0.15) is 0 Å². The van der Waals surface area contributed by atoms with E-state index in [9.17, 15) is 9.59 Å². The summed E-state index contributed by atoms with van der Waals surface area (Å²) >= 11 is 1.42. The van der Waals surface area contributed by atoms with Crippen LogP contribution in [0.4, 0.5) is 5.13 Å². The maximum atomic E-state index is 12.6. The lowest BCUT2D eigenvalue weighted by Gasteiger charge is -2.38. The summed E-state index contributed by atoms with van der Waals surface area (Å²) in [4.78, 5) is 34.8. The largest absolute Gasteiger partial charge is 0.338 e. The topological polar surface area (TPSA) is 75.2 Å². The van der Waals surface area contributed by atoms with E-state index in [1.54, 1.807) is 30.7 Å². The van der Waals surface area contributed by atoms with Crippen molar-refractivity contribution in [3.8, 4) is 0 Å². The highest BCUT2D eigenvalue weighted by atomic mass is 32.1. The van der Waals surface area contributed by atoms with Crippen LogP contribution in [0.2, 0.25) is 0 Å². The highest BCUT2D eigenvalue weighted by molar-refractivity contribution is 7.13. The number of piperidine rings is 1. The molecule has 7 heteroatoms. The summed E-state index contributed by atoms with van der Waals surface area (Å²) in [5.41, 5.74) is 0.623. The van der Waals surface area contributed by atoms with Crippen LogP contribution in [0, 0.1) is 11.8 Å². The number of anilines is 1. The summed E-state index contributed by atoms with van der Waals surface area (Å²) in [5, 5.41) is 5.33. The van der Waals surface area contributed by atoms with Crippen LogP contribution < -0.4 is 5.32 Å². The third-order valence-corrected chi connectivity index (χ3v) is 5.43. The molecule has 1 aliphatic heterocycles. The number of hydrogen-bond acceptors (Lipinski definition) is 5. The summed E-state index contributed by atoms with van der Waals surface area (Å²) in [6.45, 7) is 3.49. The van der Waals surface area contributed by atoms with E-state index in [2.05, 4.69) is 22.2 Å². The Hall–Kier alpha value is -2.28. The fourth-order valence-corrected chi connectivity index (χ4v) is 3.91. The summed E-state index contributed by atoms with van der Waals surface area (Å²) in [6, 6.07) is 3.57. The number of thiazole rings is 1. The van der Waals surface area contributed by atoms with Crippen LogP contribution in [-0.2, 0) is 4.79 Å². The maximum absolute atomic E-state index is 12.6. The molecule has 1 fully saturated rings. The highest BCUT2D eigenvalue weighted by Gasteiger charge is 2.32. The molecule has 0 aliphatic carbocycles. The number of amides is 2. The van der Waals surface area contributed by atoms with Gasteiger partial charge in [0.05, 0.1) is 5.56 Å². The van der Waals surface area contributed by atoms with Crippen LogP contribution >= 0.6 is 11.3 Å². The molecule has 0 radical (unpaired) electrons. The van der Waals surface area contributed by atoms with Crippen molar-refractivity contribution >= 4 is 28.3 Å². The minimum Gasteiger partial charge on any atom is -0.338 e. The Morgan fingerprint density at radius 2 is 2.24 bits per heavy atom. The Morgan fingerprint density at radius 1 is 1.36 bits per heavy atom. The SMILES string of the molecule is CC[C@@H]1CN(C(=O)c2cccnc2)CC[C@H]1CC(=O)Nc1nccs1. The lowest BCUT2D eigenvalue weighted by molar-refractivity contribution is -0.117. The molecule has 0 saturated carbocycles. The van der Waals surface area contributed by atoms with Crippen LogP contribution in [-0.4, -0.2) is 39.8 Å². The monoisotopic (exact) mass is 358 g/mol. The molecule has 2 atom stereocenters. The van der Waals surface area contributed by atoms with Gasteiger partial charge >= 0.3 is 0 Å². The Balaban J connectivity index is 1.58. The lowest BCUT2D eigenvalue weighted by atomic mass is 9.81. The van der Waals surface area contributed by atoms with E-state index >= 15 is 0 Å². The zero-order chi connectivity index (χ0) is 17.6. The molecule has 0 spiro atoms. The molecule has 132 valence electrons. The summed E-state index contributed by atoms with van der Waals surface area (Å²) < 4.78 is 0. The number of rotatable bonds is 5. The van der Waals surface area contributed by atoms with Gasteiger partial charge in [0.15, 0.2) is 5.13 Å². The third-order valence-electron chi connectivity index (χ3n) is 4.74. The zero-order valence-electron chi connectivity index (χ0n) is 14.2. The number of pyridine rings is 1. The van der Waals surface area contributed by atoms with E-state index in [-0.39, 0.29) is 11.8 Å². The van der Waals surface area contributed by atoms with E-state index in [1.165, 1.54) is 11.3 Å². The van der Waals surface area contributed by atoms with Gasteiger partial charge in [-0.05, 0) is 30.4 Å². The molecular weight excluding hydrogens is 336 g/mol. The van der Waals surface area contributed by atoms with Gasteiger partial charge in [-0.15, -0.1) is 11.3 Å². The second-order valence-electron chi connectivity index (χ2n) is 6.30. The van der Waals surface area contributed by atoms with Gasteiger partial charge in [-0.1, -0.05) is 13.3 Å². The first-order valence-electron chi connectivity index (χ1n) is 8.56. The predicted octanol–water partition coefficient (Wildman–Crippen LogP) is 3.06. The maximum Gasteiger partial charge on any atom is 0.255 e. The molecule has 0 aromatic carbocycles. The molecule has 25 heavy (non-hydrogen) atoms. The molecule has 0 bridgehead atoms.